The van der Waals surface area contributed by atoms with E-state index in [4.69, 9.17) is 14.2 Å². The molecule has 2 unspecified atom stereocenters. The number of aryl methyl sites for hydroxylation is 1. The number of nitrogens with one attached hydrogen (secondary N) is 2. The number of fused-ring (bicyclic) bond motifs is 2. The number of nitriles is 1. The first kappa shape index (κ1) is 24.2. The molecule has 0 spiro atoms. The van der Waals surface area contributed by atoms with Crippen LogP contribution in [0.25, 0.3) is 10.9 Å². The fourth-order valence-corrected chi connectivity index (χ4v) is 4.98. The van der Waals surface area contributed by atoms with Crippen LogP contribution >= 0.6 is 0 Å². The zero-order valence-corrected chi connectivity index (χ0v) is 20.7. The molecule has 10 nitrogen and oxygen atoms in total. The molecule has 2 aromatic heterocycles. The van der Waals surface area contributed by atoms with Gasteiger partial charge in [0.05, 0.1) is 29.4 Å². The van der Waals surface area contributed by atoms with Crippen LogP contribution in [0, 0.1) is 17.2 Å². The summed E-state index contributed by atoms with van der Waals surface area (Å²) >= 11 is 0. The monoisotopic (exact) mass is 521 g/mol. The van der Waals surface area contributed by atoms with Crippen molar-refractivity contribution in [3.63, 3.8) is 0 Å². The van der Waals surface area contributed by atoms with Crippen LogP contribution in [0.1, 0.15) is 34.7 Å². The first-order chi connectivity index (χ1) is 19.1. The first-order valence-corrected chi connectivity index (χ1v) is 12.4. The van der Waals surface area contributed by atoms with Crippen molar-refractivity contribution in [1.82, 2.24) is 15.3 Å². The van der Waals surface area contributed by atoms with Gasteiger partial charge in [0.15, 0.2) is 11.5 Å². The van der Waals surface area contributed by atoms with E-state index in [1.807, 2.05) is 24.3 Å². The Balaban J connectivity index is 1.30. The van der Waals surface area contributed by atoms with Crippen LogP contribution < -0.4 is 14.8 Å². The van der Waals surface area contributed by atoms with E-state index >= 15 is 0 Å². The van der Waals surface area contributed by atoms with Gasteiger partial charge in [-0.05, 0) is 54.3 Å². The lowest BCUT2D eigenvalue weighted by atomic mass is 9.85. The number of aromatic amines is 1. The Labute approximate surface area is 223 Å². The highest BCUT2D eigenvalue weighted by atomic mass is 16.7. The maximum Gasteiger partial charge on any atom is 0.341 e. The Bertz CT molecular complexity index is 1650. The number of H-pyrrole nitrogens is 1. The summed E-state index contributed by atoms with van der Waals surface area (Å²) in [4.78, 5) is 38.0. The Morgan fingerprint density at radius 1 is 1.10 bits per heavy atom. The largest absolute Gasteiger partial charge is 0.460 e. The summed E-state index contributed by atoms with van der Waals surface area (Å²) in [5.41, 5.74) is 4.08. The smallest absolute Gasteiger partial charge is 0.341 e. The van der Waals surface area contributed by atoms with Gasteiger partial charge in [-0.3, -0.25) is 9.78 Å². The quantitative estimate of drug-likeness (QED) is 0.345. The van der Waals surface area contributed by atoms with Crippen LogP contribution in [0.2, 0.25) is 0 Å². The number of aromatic nitrogens is 2. The molecule has 0 aliphatic carbocycles. The number of nitrogens with zero attached hydrogens (tertiary/aromatic N) is 3. The second-order valence-electron chi connectivity index (χ2n) is 9.28. The van der Waals surface area contributed by atoms with E-state index in [-0.39, 0.29) is 13.4 Å². The molecule has 2 N–H and O–H groups in total. The number of benzene rings is 2. The van der Waals surface area contributed by atoms with Crippen LogP contribution in [0.15, 0.2) is 72.1 Å². The molecular weight excluding hydrogens is 498 g/mol. The summed E-state index contributed by atoms with van der Waals surface area (Å²) in [6, 6.07) is 15.3. The van der Waals surface area contributed by atoms with Crippen LogP contribution in [0.5, 0.6) is 11.5 Å². The van der Waals surface area contributed by atoms with E-state index in [2.05, 4.69) is 26.3 Å². The van der Waals surface area contributed by atoms with Gasteiger partial charge in [0.2, 0.25) is 6.79 Å². The van der Waals surface area contributed by atoms with E-state index in [0.29, 0.717) is 41.2 Å². The molecule has 194 valence electrons. The molecule has 2 amide bonds. The van der Waals surface area contributed by atoms with Gasteiger partial charge in [-0.2, -0.15) is 5.26 Å². The van der Waals surface area contributed by atoms with Crippen molar-refractivity contribution in [1.29, 1.82) is 5.26 Å². The maximum atomic E-state index is 13.7. The fourth-order valence-electron chi connectivity index (χ4n) is 4.98. The van der Waals surface area contributed by atoms with Gasteiger partial charge in [-0.15, -0.1) is 0 Å². The van der Waals surface area contributed by atoms with E-state index in [1.54, 1.807) is 42.9 Å². The Morgan fingerprint density at radius 3 is 2.90 bits per heavy atom. The van der Waals surface area contributed by atoms with Gasteiger partial charge < -0.3 is 24.5 Å². The van der Waals surface area contributed by atoms with E-state index in [9.17, 15) is 14.9 Å². The number of amides is 2. The summed E-state index contributed by atoms with van der Waals surface area (Å²) in [6.07, 6.45) is 6.01. The second kappa shape index (κ2) is 10.3. The number of ether oxygens (including phenoxy) is 3. The van der Waals surface area contributed by atoms with E-state index in [0.717, 1.165) is 22.0 Å². The average molecular weight is 522 g/mol. The molecular formula is C29H23N5O5. The Morgan fingerprint density at radius 2 is 2.00 bits per heavy atom. The number of esters is 1. The SMILES string of the molecule is N#Cc1cccc(COC(=O)C2C(CCc3ccc4c(c3)OCO4)=NC(=O)NC2c2c[nH]c3cnccc23)c1. The summed E-state index contributed by atoms with van der Waals surface area (Å²) < 4.78 is 16.6. The average Bonchev–Trinajstić information content (AvgIpc) is 3.61. The number of carbonyl (C=O) groups excluding carboxylic acids is 2. The minimum Gasteiger partial charge on any atom is -0.460 e. The third-order valence-electron chi connectivity index (χ3n) is 6.86. The van der Waals surface area contributed by atoms with E-state index < -0.39 is 24.0 Å². The van der Waals surface area contributed by atoms with Gasteiger partial charge in [0.1, 0.15) is 12.5 Å². The Hall–Kier alpha value is -5.17. The third-order valence-corrected chi connectivity index (χ3v) is 6.86. The van der Waals surface area contributed by atoms with Crippen LogP contribution in [-0.2, 0) is 22.6 Å². The normalized spacial score (nSPS) is 17.8. The predicted molar refractivity (Wildman–Crippen MR) is 140 cm³/mol. The van der Waals surface area contributed by atoms with Crippen molar-refractivity contribution in [3.8, 4) is 17.6 Å². The fraction of sp³-hybridized carbons (Fsp3) is 0.207. The van der Waals surface area contributed by atoms with Crippen molar-refractivity contribution in [2.75, 3.05) is 6.79 Å². The second-order valence-corrected chi connectivity index (χ2v) is 9.28. The van der Waals surface area contributed by atoms with Crippen molar-refractivity contribution in [2.45, 2.75) is 25.5 Å². The zero-order chi connectivity index (χ0) is 26.8. The van der Waals surface area contributed by atoms with Crippen LogP contribution in [0.3, 0.4) is 0 Å². The molecule has 0 radical (unpaired) electrons. The lowest BCUT2D eigenvalue weighted by Gasteiger charge is -2.30. The molecule has 2 atom stereocenters. The molecule has 2 aliphatic heterocycles. The lowest BCUT2D eigenvalue weighted by Crippen LogP contribution is -2.45. The summed E-state index contributed by atoms with van der Waals surface area (Å²) in [6.45, 7) is 0.164. The molecule has 4 aromatic rings. The van der Waals surface area contributed by atoms with Crippen molar-refractivity contribution >= 4 is 28.6 Å². The highest BCUT2D eigenvalue weighted by molar-refractivity contribution is 6.09. The molecule has 0 saturated carbocycles. The number of hydrogen-bond donors (Lipinski definition) is 2. The molecule has 39 heavy (non-hydrogen) atoms. The highest BCUT2D eigenvalue weighted by Crippen LogP contribution is 2.35. The van der Waals surface area contributed by atoms with Gasteiger partial charge in [-0.1, -0.05) is 18.2 Å². The van der Waals surface area contributed by atoms with Crippen molar-refractivity contribution < 1.29 is 23.8 Å². The van der Waals surface area contributed by atoms with Gasteiger partial charge in [-0.25, -0.2) is 9.79 Å². The van der Waals surface area contributed by atoms with Gasteiger partial charge >= 0.3 is 12.0 Å². The predicted octanol–water partition coefficient (Wildman–Crippen LogP) is 4.36. The maximum absolute atomic E-state index is 13.7. The van der Waals surface area contributed by atoms with Crippen molar-refractivity contribution in [3.05, 3.63) is 89.4 Å². The number of rotatable bonds is 7. The van der Waals surface area contributed by atoms with Crippen LogP contribution in [0.4, 0.5) is 4.79 Å². The minimum absolute atomic E-state index is 0.0151. The van der Waals surface area contributed by atoms with E-state index in [1.165, 1.54) is 0 Å². The Kier molecular flexibility index (Phi) is 6.39. The summed E-state index contributed by atoms with van der Waals surface area (Å²) in [5, 5.41) is 12.9. The molecule has 0 saturated heterocycles. The van der Waals surface area contributed by atoms with Crippen molar-refractivity contribution in [2.24, 2.45) is 10.9 Å². The standard InChI is InChI=1S/C29H23N5O5/c30-12-18-2-1-3-19(10-18)15-37-28(35)26-22(6-4-17-5-7-24-25(11-17)39-16-38-24)33-29(36)34-27(26)21-13-32-23-14-31-9-8-20(21)23/h1-3,5,7-11,13-14,26-27,32H,4,6,15-16H2,(H,34,36). The topological polar surface area (TPSA) is 139 Å². The number of aliphatic imine (C=N–C) groups is 1. The molecule has 0 bridgehead atoms. The molecule has 6 rings (SSSR count). The third kappa shape index (κ3) is 4.90. The number of hydrogen-bond acceptors (Lipinski definition) is 7. The lowest BCUT2D eigenvalue weighted by molar-refractivity contribution is -0.148. The molecule has 2 aromatic carbocycles. The number of carbonyl (C=O) groups is 2. The summed E-state index contributed by atoms with van der Waals surface area (Å²) in [5.74, 6) is -0.0289. The molecule has 2 aliphatic rings. The van der Waals surface area contributed by atoms with Crippen LogP contribution in [-0.4, -0.2) is 34.5 Å². The summed E-state index contributed by atoms with van der Waals surface area (Å²) in [7, 11) is 0. The zero-order valence-electron chi connectivity index (χ0n) is 20.7. The first-order valence-electron chi connectivity index (χ1n) is 12.4. The molecule has 0 fully saturated rings. The molecule has 10 heteroatoms. The molecule has 4 heterocycles. The van der Waals surface area contributed by atoms with Gasteiger partial charge in [0.25, 0.3) is 0 Å². The number of pyridine rings is 1. The minimum atomic E-state index is -0.858. The van der Waals surface area contributed by atoms with Gasteiger partial charge in [0, 0.05) is 29.1 Å². The number of urea groups is 1. The highest BCUT2D eigenvalue weighted by Gasteiger charge is 2.40.